The Morgan fingerprint density at radius 1 is 1.47 bits per heavy atom. The maximum absolute atomic E-state index is 11.9. The number of nitrogens with one attached hydrogen (secondary N) is 2. The van der Waals surface area contributed by atoms with Crippen LogP contribution in [0.2, 0.25) is 0 Å². The monoisotopic (exact) mass is 263 g/mol. The summed E-state index contributed by atoms with van der Waals surface area (Å²) in [4.78, 5) is 30.7. The largest absolute Gasteiger partial charge is 0.363 e. The molecule has 1 aliphatic rings. The Morgan fingerprint density at radius 2 is 2.26 bits per heavy atom. The Kier molecular flexibility index (Phi) is 3.84. The van der Waals surface area contributed by atoms with Crippen LogP contribution in [0, 0.1) is 0 Å². The summed E-state index contributed by atoms with van der Waals surface area (Å²) in [5.41, 5.74) is 0.613. The number of carbonyl (C=O) groups is 2. The molecule has 0 bridgehead atoms. The fraction of sp³-hybridized carbons (Fsp3) is 0.417. The van der Waals surface area contributed by atoms with Gasteiger partial charge in [0.1, 0.15) is 12.4 Å². The van der Waals surface area contributed by atoms with Crippen molar-refractivity contribution in [2.75, 3.05) is 43.9 Å². The summed E-state index contributed by atoms with van der Waals surface area (Å²) in [6.07, 6.45) is 1.59. The molecule has 7 heteroatoms. The molecule has 0 unspecified atom stereocenters. The zero-order valence-electron chi connectivity index (χ0n) is 11.0. The average molecular weight is 263 g/mol. The highest BCUT2D eigenvalue weighted by atomic mass is 16.2. The number of urea groups is 1. The van der Waals surface area contributed by atoms with Gasteiger partial charge in [-0.15, -0.1) is 0 Å². The van der Waals surface area contributed by atoms with Gasteiger partial charge in [-0.2, -0.15) is 0 Å². The molecule has 1 fully saturated rings. The molecule has 1 aromatic heterocycles. The van der Waals surface area contributed by atoms with E-state index in [4.69, 9.17) is 0 Å². The third-order valence-corrected chi connectivity index (χ3v) is 2.78. The second-order valence-corrected chi connectivity index (χ2v) is 4.50. The predicted molar refractivity (Wildman–Crippen MR) is 72.2 cm³/mol. The fourth-order valence-corrected chi connectivity index (χ4v) is 1.74. The first-order valence-corrected chi connectivity index (χ1v) is 6.02. The molecule has 2 N–H and O–H groups in total. The zero-order chi connectivity index (χ0) is 13.8. The zero-order valence-corrected chi connectivity index (χ0v) is 11.0. The van der Waals surface area contributed by atoms with E-state index in [2.05, 4.69) is 15.6 Å². The van der Waals surface area contributed by atoms with Crippen LogP contribution >= 0.6 is 0 Å². The second kappa shape index (κ2) is 5.55. The molecule has 2 heterocycles. The highest BCUT2D eigenvalue weighted by Crippen LogP contribution is 2.12. The standard InChI is InChI=1S/C12H17N5O2/c1-16(2)10-4-3-9(7-14-10)15-12(19)17-6-5-13-11(18)8-17/h3-4,7H,5-6,8H2,1-2H3,(H,13,18)(H,15,19). The highest BCUT2D eigenvalue weighted by molar-refractivity contribution is 5.92. The van der Waals surface area contributed by atoms with E-state index in [0.29, 0.717) is 18.8 Å². The van der Waals surface area contributed by atoms with Gasteiger partial charge < -0.3 is 20.4 Å². The van der Waals surface area contributed by atoms with Crippen LogP contribution in [0.3, 0.4) is 0 Å². The lowest BCUT2D eigenvalue weighted by Gasteiger charge is -2.26. The third-order valence-electron chi connectivity index (χ3n) is 2.78. The molecule has 0 radical (unpaired) electrons. The molecule has 0 aliphatic carbocycles. The van der Waals surface area contributed by atoms with Gasteiger partial charge in [0.15, 0.2) is 0 Å². The van der Waals surface area contributed by atoms with Crippen LogP contribution in [0.25, 0.3) is 0 Å². The van der Waals surface area contributed by atoms with Crippen molar-refractivity contribution in [1.29, 1.82) is 0 Å². The van der Waals surface area contributed by atoms with Gasteiger partial charge >= 0.3 is 6.03 Å². The fourth-order valence-electron chi connectivity index (χ4n) is 1.74. The summed E-state index contributed by atoms with van der Waals surface area (Å²) in [6, 6.07) is 3.32. The number of carbonyl (C=O) groups excluding carboxylic acids is 2. The predicted octanol–water partition coefficient (Wildman–Crippen LogP) is 0.111. The molecule has 1 aromatic rings. The summed E-state index contributed by atoms with van der Waals surface area (Å²) in [6.45, 7) is 1.10. The van der Waals surface area contributed by atoms with Crippen molar-refractivity contribution in [3.63, 3.8) is 0 Å². The minimum absolute atomic E-state index is 0.0923. The van der Waals surface area contributed by atoms with Crippen LogP contribution in [0.15, 0.2) is 18.3 Å². The smallest absolute Gasteiger partial charge is 0.322 e. The third kappa shape index (κ3) is 3.34. The summed E-state index contributed by atoms with van der Waals surface area (Å²) in [7, 11) is 3.79. The topological polar surface area (TPSA) is 77.6 Å². The molecule has 1 aliphatic heterocycles. The van der Waals surface area contributed by atoms with E-state index in [1.165, 1.54) is 4.90 Å². The van der Waals surface area contributed by atoms with Crippen molar-refractivity contribution in [1.82, 2.24) is 15.2 Å². The van der Waals surface area contributed by atoms with E-state index >= 15 is 0 Å². The molecule has 1 saturated heterocycles. The van der Waals surface area contributed by atoms with Crippen LogP contribution in [-0.4, -0.2) is 55.6 Å². The van der Waals surface area contributed by atoms with Crippen molar-refractivity contribution in [3.05, 3.63) is 18.3 Å². The van der Waals surface area contributed by atoms with Crippen molar-refractivity contribution < 1.29 is 9.59 Å². The molecule has 0 aromatic carbocycles. The Hall–Kier alpha value is -2.31. The Labute approximate surface area is 111 Å². The highest BCUT2D eigenvalue weighted by Gasteiger charge is 2.20. The molecule has 0 saturated carbocycles. The number of aromatic nitrogens is 1. The van der Waals surface area contributed by atoms with Crippen molar-refractivity contribution in [3.8, 4) is 0 Å². The maximum atomic E-state index is 11.9. The molecule has 3 amide bonds. The van der Waals surface area contributed by atoms with Gasteiger partial charge in [-0.05, 0) is 12.1 Å². The molecular weight excluding hydrogens is 246 g/mol. The van der Waals surface area contributed by atoms with Gasteiger partial charge in [0, 0.05) is 27.2 Å². The van der Waals surface area contributed by atoms with Gasteiger partial charge in [0.25, 0.3) is 0 Å². The molecule has 0 spiro atoms. The van der Waals surface area contributed by atoms with Gasteiger partial charge in [-0.25, -0.2) is 9.78 Å². The maximum Gasteiger partial charge on any atom is 0.322 e. The average Bonchev–Trinajstić information content (AvgIpc) is 2.39. The van der Waals surface area contributed by atoms with Gasteiger partial charge in [0.05, 0.1) is 11.9 Å². The number of nitrogens with zero attached hydrogens (tertiary/aromatic N) is 3. The summed E-state index contributed by atoms with van der Waals surface area (Å²) in [5, 5.41) is 5.40. The number of pyridine rings is 1. The Balaban J connectivity index is 1.96. The van der Waals surface area contributed by atoms with E-state index in [1.807, 2.05) is 25.1 Å². The molecule has 2 rings (SSSR count). The number of amides is 3. The van der Waals surface area contributed by atoms with E-state index in [1.54, 1.807) is 12.3 Å². The number of hydrogen-bond acceptors (Lipinski definition) is 4. The van der Waals surface area contributed by atoms with E-state index < -0.39 is 0 Å². The SMILES string of the molecule is CN(C)c1ccc(NC(=O)N2CCNC(=O)C2)cn1. The molecule has 7 nitrogen and oxygen atoms in total. The Morgan fingerprint density at radius 3 is 2.84 bits per heavy atom. The van der Waals surface area contributed by atoms with E-state index in [9.17, 15) is 9.59 Å². The second-order valence-electron chi connectivity index (χ2n) is 4.50. The lowest BCUT2D eigenvalue weighted by atomic mass is 10.3. The van der Waals surface area contributed by atoms with Crippen LogP contribution in [0.4, 0.5) is 16.3 Å². The Bertz CT molecular complexity index is 472. The van der Waals surface area contributed by atoms with Crippen LogP contribution in [-0.2, 0) is 4.79 Å². The first-order valence-electron chi connectivity index (χ1n) is 6.02. The molecule has 0 atom stereocenters. The van der Waals surface area contributed by atoms with Crippen LogP contribution < -0.4 is 15.5 Å². The van der Waals surface area contributed by atoms with Gasteiger partial charge in [-0.1, -0.05) is 0 Å². The number of rotatable bonds is 2. The van der Waals surface area contributed by atoms with Gasteiger partial charge in [-0.3, -0.25) is 4.79 Å². The number of hydrogen-bond donors (Lipinski definition) is 2. The van der Waals surface area contributed by atoms with E-state index in [-0.39, 0.29) is 18.5 Å². The normalized spacial score (nSPS) is 14.8. The molecule has 102 valence electrons. The minimum Gasteiger partial charge on any atom is -0.363 e. The van der Waals surface area contributed by atoms with Crippen LogP contribution in [0.1, 0.15) is 0 Å². The lowest BCUT2D eigenvalue weighted by molar-refractivity contribution is -0.123. The summed E-state index contributed by atoms with van der Waals surface area (Å²) >= 11 is 0. The van der Waals surface area contributed by atoms with Crippen molar-refractivity contribution >= 4 is 23.4 Å². The minimum atomic E-state index is -0.283. The molecular formula is C12H17N5O2. The van der Waals surface area contributed by atoms with Crippen LogP contribution in [0.5, 0.6) is 0 Å². The quantitative estimate of drug-likeness (QED) is 0.794. The molecule has 19 heavy (non-hydrogen) atoms. The summed E-state index contributed by atoms with van der Waals surface area (Å²) in [5.74, 6) is 0.679. The number of piperazine rings is 1. The van der Waals surface area contributed by atoms with Crippen molar-refractivity contribution in [2.45, 2.75) is 0 Å². The van der Waals surface area contributed by atoms with E-state index in [0.717, 1.165) is 5.82 Å². The van der Waals surface area contributed by atoms with Gasteiger partial charge in [0.2, 0.25) is 5.91 Å². The first kappa shape index (κ1) is 13.1. The van der Waals surface area contributed by atoms with Crippen molar-refractivity contribution in [2.24, 2.45) is 0 Å². The lowest BCUT2D eigenvalue weighted by Crippen LogP contribution is -2.51. The first-order chi connectivity index (χ1) is 9.06. The summed E-state index contributed by atoms with van der Waals surface area (Å²) < 4.78 is 0. The number of anilines is 2.